The highest BCUT2D eigenvalue weighted by molar-refractivity contribution is 5.36. The van der Waals surface area contributed by atoms with Crippen molar-refractivity contribution in [1.29, 1.82) is 0 Å². The molecule has 0 spiro atoms. The first-order valence-corrected chi connectivity index (χ1v) is 6.40. The van der Waals surface area contributed by atoms with E-state index >= 15 is 0 Å². The number of pyridine rings is 1. The van der Waals surface area contributed by atoms with Crippen LogP contribution < -0.4 is 10.1 Å². The zero-order valence-electron chi connectivity index (χ0n) is 11.8. The third-order valence-corrected chi connectivity index (χ3v) is 2.69. The van der Waals surface area contributed by atoms with Gasteiger partial charge in [-0.05, 0) is 6.92 Å². The Morgan fingerprint density at radius 2 is 2.16 bits per heavy atom. The molecule has 0 atom stereocenters. The Morgan fingerprint density at radius 1 is 1.37 bits per heavy atom. The van der Waals surface area contributed by atoms with Crippen molar-refractivity contribution in [2.45, 2.75) is 33.4 Å². The maximum Gasteiger partial charge on any atom is 0.165 e. The first-order valence-electron chi connectivity index (χ1n) is 6.40. The average molecular weight is 260 g/mol. The molecular weight excluding hydrogens is 240 g/mol. The topological polar surface area (TPSA) is 52.0 Å². The van der Waals surface area contributed by atoms with Crippen LogP contribution in [0.4, 0.5) is 0 Å². The molecule has 0 bridgehead atoms. The fraction of sp³-hybridized carbons (Fsp3) is 0.429. The number of nitrogens with one attached hydrogen (secondary N) is 1. The van der Waals surface area contributed by atoms with Crippen molar-refractivity contribution >= 4 is 0 Å². The zero-order chi connectivity index (χ0) is 13.8. The first-order chi connectivity index (χ1) is 9.04. The lowest BCUT2D eigenvalue weighted by molar-refractivity contribution is 0.467. The van der Waals surface area contributed by atoms with E-state index in [4.69, 9.17) is 4.74 Å². The molecule has 102 valence electrons. The number of aryl methyl sites for hydroxylation is 2. The highest BCUT2D eigenvalue weighted by Crippen LogP contribution is 2.25. The number of aromatic nitrogens is 3. The van der Waals surface area contributed by atoms with Gasteiger partial charge in [-0.1, -0.05) is 13.8 Å². The molecule has 0 aliphatic rings. The number of rotatable bonds is 5. The highest BCUT2D eigenvalue weighted by atomic mass is 16.5. The summed E-state index contributed by atoms with van der Waals surface area (Å²) in [5.41, 5.74) is 1.98. The van der Waals surface area contributed by atoms with Crippen molar-refractivity contribution in [3.05, 3.63) is 35.9 Å². The summed E-state index contributed by atoms with van der Waals surface area (Å²) in [6, 6.07) is 2.37. The SMILES string of the molecule is Cc1cc(Oc2cnn(C)c2)c(CNC(C)C)cn1. The molecule has 19 heavy (non-hydrogen) atoms. The third-order valence-electron chi connectivity index (χ3n) is 2.69. The predicted molar refractivity (Wildman–Crippen MR) is 74.2 cm³/mol. The summed E-state index contributed by atoms with van der Waals surface area (Å²) in [4.78, 5) is 4.32. The Labute approximate surface area is 113 Å². The van der Waals surface area contributed by atoms with Crippen LogP contribution in [0.1, 0.15) is 25.1 Å². The number of nitrogens with zero attached hydrogens (tertiary/aromatic N) is 3. The molecule has 0 saturated heterocycles. The van der Waals surface area contributed by atoms with Crippen molar-refractivity contribution in [3.63, 3.8) is 0 Å². The molecule has 0 aromatic carbocycles. The second kappa shape index (κ2) is 5.84. The van der Waals surface area contributed by atoms with Crippen LogP contribution in [0, 0.1) is 6.92 Å². The summed E-state index contributed by atoms with van der Waals surface area (Å²) < 4.78 is 7.60. The van der Waals surface area contributed by atoms with Gasteiger partial charge in [0, 0.05) is 43.2 Å². The summed E-state index contributed by atoms with van der Waals surface area (Å²) in [7, 11) is 1.87. The first kappa shape index (κ1) is 13.5. The largest absolute Gasteiger partial charge is 0.454 e. The molecular formula is C14H20N4O. The Morgan fingerprint density at radius 3 is 2.79 bits per heavy atom. The summed E-state index contributed by atoms with van der Waals surface area (Å²) >= 11 is 0. The van der Waals surface area contributed by atoms with Gasteiger partial charge in [0.1, 0.15) is 5.75 Å². The molecule has 0 saturated carbocycles. The quantitative estimate of drug-likeness (QED) is 0.897. The van der Waals surface area contributed by atoms with Gasteiger partial charge in [-0.3, -0.25) is 9.67 Å². The van der Waals surface area contributed by atoms with Gasteiger partial charge in [0.15, 0.2) is 5.75 Å². The minimum absolute atomic E-state index is 0.424. The summed E-state index contributed by atoms with van der Waals surface area (Å²) in [5, 5.41) is 7.47. The van der Waals surface area contributed by atoms with E-state index in [0.717, 1.165) is 29.3 Å². The van der Waals surface area contributed by atoms with Crippen molar-refractivity contribution in [2.75, 3.05) is 0 Å². The Bertz CT molecular complexity index is 548. The fourth-order valence-corrected chi connectivity index (χ4v) is 1.68. The zero-order valence-corrected chi connectivity index (χ0v) is 11.8. The average Bonchev–Trinajstić information content (AvgIpc) is 2.73. The monoisotopic (exact) mass is 260 g/mol. The fourth-order valence-electron chi connectivity index (χ4n) is 1.68. The molecule has 2 aromatic rings. The van der Waals surface area contributed by atoms with E-state index in [1.807, 2.05) is 32.4 Å². The summed E-state index contributed by atoms with van der Waals surface area (Å²) in [5.74, 6) is 1.56. The molecule has 0 unspecified atom stereocenters. The normalized spacial score (nSPS) is 11.0. The number of ether oxygens (including phenoxy) is 1. The lowest BCUT2D eigenvalue weighted by atomic mass is 10.2. The van der Waals surface area contributed by atoms with E-state index in [-0.39, 0.29) is 0 Å². The van der Waals surface area contributed by atoms with Gasteiger partial charge in [0.2, 0.25) is 0 Å². The van der Waals surface area contributed by atoms with E-state index in [2.05, 4.69) is 29.2 Å². The number of hydrogen-bond acceptors (Lipinski definition) is 4. The van der Waals surface area contributed by atoms with Gasteiger partial charge < -0.3 is 10.1 Å². The Kier molecular flexibility index (Phi) is 4.16. The van der Waals surface area contributed by atoms with Crippen molar-refractivity contribution in [2.24, 2.45) is 7.05 Å². The molecule has 2 rings (SSSR count). The van der Waals surface area contributed by atoms with Gasteiger partial charge in [-0.15, -0.1) is 0 Å². The Hall–Kier alpha value is -1.88. The van der Waals surface area contributed by atoms with E-state index in [9.17, 15) is 0 Å². The maximum absolute atomic E-state index is 5.88. The van der Waals surface area contributed by atoms with Gasteiger partial charge in [0.05, 0.1) is 12.4 Å². The summed E-state index contributed by atoms with van der Waals surface area (Å²) in [6.45, 7) is 6.92. The lowest BCUT2D eigenvalue weighted by Gasteiger charge is -2.12. The van der Waals surface area contributed by atoms with Crippen LogP contribution in [0.3, 0.4) is 0 Å². The maximum atomic E-state index is 5.88. The second-order valence-electron chi connectivity index (χ2n) is 4.92. The molecule has 5 heteroatoms. The van der Waals surface area contributed by atoms with Gasteiger partial charge in [-0.25, -0.2) is 0 Å². The van der Waals surface area contributed by atoms with Gasteiger partial charge in [-0.2, -0.15) is 5.10 Å². The Balaban J connectivity index is 2.19. The third kappa shape index (κ3) is 3.79. The van der Waals surface area contributed by atoms with Crippen LogP contribution in [0.15, 0.2) is 24.7 Å². The minimum atomic E-state index is 0.424. The molecule has 2 aromatic heterocycles. The van der Waals surface area contributed by atoms with E-state index in [0.29, 0.717) is 6.04 Å². The summed E-state index contributed by atoms with van der Waals surface area (Å²) in [6.07, 6.45) is 5.40. The van der Waals surface area contributed by atoms with Gasteiger partial charge in [0.25, 0.3) is 0 Å². The van der Waals surface area contributed by atoms with Crippen LogP contribution in [0.25, 0.3) is 0 Å². The van der Waals surface area contributed by atoms with Crippen molar-refractivity contribution in [1.82, 2.24) is 20.1 Å². The molecule has 1 N–H and O–H groups in total. The standard InChI is InChI=1S/C14H20N4O/c1-10(2)15-6-12-7-16-11(3)5-14(12)19-13-8-17-18(4)9-13/h5,7-10,15H,6H2,1-4H3. The van der Waals surface area contributed by atoms with E-state index < -0.39 is 0 Å². The molecule has 0 fully saturated rings. The second-order valence-corrected chi connectivity index (χ2v) is 4.92. The minimum Gasteiger partial charge on any atom is -0.454 e. The van der Waals surface area contributed by atoms with Crippen LogP contribution in [-0.2, 0) is 13.6 Å². The molecule has 0 radical (unpaired) electrons. The molecule has 2 heterocycles. The van der Waals surface area contributed by atoms with E-state index in [1.165, 1.54) is 0 Å². The lowest BCUT2D eigenvalue weighted by Crippen LogP contribution is -2.22. The molecule has 0 aliphatic carbocycles. The van der Waals surface area contributed by atoms with Crippen LogP contribution in [0.2, 0.25) is 0 Å². The molecule has 5 nitrogen and oxygen atoms in total. The molecule has 0 amide bonds. The van der Waals surface area contributed by atoms with Crippen molar-refractivity contribution < 1.29 is 4.74 Å². The predicted octanol–water partition coefficient (Wildman–Crippen LogP) is 2.41. The molecule has 0 aliphatic heterocycles. The van der Waals surface area contributed by atoms with Crippen LogP contribution >= 0.6 is 0 Å². The van der Waals surface area contributed by atoms with Crippen LogP contribution in [-0.4, -0.2) is 20.8 Å². The van der Waals surface area contributed by atoms with Gasteiger partial charge >= 0.3 is 0 Å². The smallest absolute Gasteiger partial charge is 0.165 e. The number of hydrogen-bond donors (Lipinski definition) is 1. The highest BCUT2D eigenvalue weighted by Gasteiger charge is 2.08. The van der Waals surface area contributed by atoms with Crippen molar-refractivity contribution in [3.8, 4) is 11.5 Å². The van der Waals surface area contributed by atoms with E-state index in [1.54, 1.807) is 10.9 Å². The van der Waals surface area contributed by atoms with Crippen LogP contribution in [0.5, 0.6) is 11.5 Å².